The maximum absolute atomic E-state index is 13.8. The number of aliphatic hydroxyl groups excluding tert-OH is 4. The highest BCUT2D eigenvalue weighted by molar-refractivity contribution is 5.87. The van der Waals surface area contributed by atoms with Crippen LogP contribution in [-0.4, -0.2) is 128 Å². The van der Waals surface area contributed by atoms with E-state index in [0.717, 1.165) is 11.1 Å². The van der Waals surface area contributed by atoms with E-state index in [4.69, 9.17) is 37.9 Å². The highest BCUT2D eigenvalue weighted by Gasteiger charge is 2.55. The van der Waals surface area contributed by atoms with Gasteiger partial charge in [0, 0.05) is 51.4 Å². The van der Waals surface area contributed by atoms with Gasteiger partial charge in [0.2, 0.25) is 5.76 Å². The Bertz CT molecular complexity index is 1380. The third-order valence-corrected chi connectivity index (χ3v) is 12.1. The third kappa shape index (κ3) is 11.3. The molecule has 0 bridgehead atoms. The first-order chi connectivity index (χ1) is 26.3. The van der Waals surface area contributed by atoms with Crippen molar-refractivity contribution in [2.45, 2.75) is 155 Å². The Morgan fingerprint density at radius 1 is 0.911 bits per heavy atom. The summed E-state index contributed by atoms with van der Waals surface area (Å²) in [5.41, 5.74) is 1.77. The molecular weight excluding hydrogens is 724 g/mol. The number of methoxy groups -OCH3 is 4. The van der Waals surface area contributed by atoms with Gasteiger partial charge in [0.25, 0.3) is 0 Å². The summed E-state index contributed by atoms with van der Waals surface area (Å²) in [6, 6.07) is 0. The Hall–Kier alpha value is -2.17. The first-order valence-corrected chi connectivity index (χ1v) is 20.1. The van der Waals surface area contributed by atoms with Gasteiger partial charge in [-0.25, -0.2) is 4.79 Å². The predicted octanol–water partition coefficient (Wildman–Crippen LogP) is 4.85. The number of hydrogen-bond donors (Lipinski definition) is 4. The van der Waals surface area contributed by atoms with Gasteiger partial charge in [-0.3, -0.25) is 0 Å². The van der Waals surface area contributed by atoms with Gasteiger partial charge in [-0.1, -0.05) is 83.9 Å². The van der Waals surface area contributed by atoms with Crippen molar-refractivity contribution < 1.29 is 63.1 Å². The third-order valence-electron chi connectivity index (χ3n) is 12.1. The first-order valence-electron chi connectivity index (χ1n) is 20.1. The molecule has 0 aromatic heterocycles. The molecule has 0 aromatic carbocycles. The van der Waals surface area contributed by atoms with Crippen LogP contribution in [-0.2, 0) is 42.7 Å². The minimum Gasteiger partial charge on any atom is -0.490 e. The van der Waals surface area contributed by atoms with E-state index in [-0.39, 0.29) is 42.0 Å². The monoisotopic (exact) mass is 796 g/mol. The van der Waals surface area contributed by atoms with Crippen LogP contribution in [0, 0.1) is 35.5 Å². The number of cyclic esters (lactones) is 1. The molecule has 17 atom stereocenters. The van der Waals surface area contributed by atoms with E-state index in [0.29, 0.717) is 6.42 Å². The van der Waals surface area contributed by atoms with Gasteiger partial charge in [0.15, 0.2) is 12.1 Å². The van der Waals surface area contributed by atoms with Crippen LogP contribution in [0.2, 0.25) is 0 Å². The smallest absolute Gasteiger partial charge is 0.373 e. The Kier molecular flexibility index (Phi) is 18.2. The largest absolute Gasteiger partial charge is 0.490 e. The fourth-order valence-corrected chi connectivity index (χ4v) is 8.53. The second-order valence-corrected chi connectivity index (χ2v) is 16.7. The van der Waals surface area contributed by atoms with Crippen molar-refractivity contribution in [3.63, 3.8) is 0 Å². The van der Waals surface area contributed by atoms with E-state index in [9.17, 15) is 25.2 Å². The van der Waals surface area contributed by atoms with Crippen LogP contribution >= 0.6 is 0 Å². The minimum atomic E-state index is -1.38. The summed E-state index contributed by atoms with van der Waals surface area (Å²) in [5, 5.41) is 44.6. The van der Waals surface area contributed by atoms with Crippen LogP contribution in [0.3, 0.4) is 0 Å². The van der Waals surface area contributed by atoms with Crippen LogP contribution in [0.25, 0.3) is 0 Å². The maximum Gasteiger partial charge on any atom is 0.373 e. The Labute approximate surface area is 335 Å². The molecule has 4 N–H and O–H groups in total. The van der Waals surface area contributed by atoms with Crippen molar-refractivity contribution in [1.29, 1.82) is 0 Å². The Morgan fingerprint density at radius 2 is 1.57 bits per heavy atom. The van der Waals surface area contributed by atoms with E-state index >= 15 is 0 Å². The highest BCUT2D eigenvalue weighted by Crippen LogP contribution is 2.45. The van der Waals surface area contributed by atoms with Gasteiger partial charge in [-0.15, -0.1) is 0 Å². The van der Waals surface area contributed by atoms with E-state index in [2.05, 4.69) is 0 Å². The molecule has 3 aliphatic heterocycles. The van der Waals surface area contributed by atoms with Crippen molar-refractivity contribution in [3.8, 4) is 0 Å². The van der Waals surface area contributed by atoms with Gasteiger partial charge < -0.3 is 58.3 Å². The van der Waals surface area contributed by atoms with Gasteiger partial charge in [-0.2, -0.15) is 0 Å². The number of ether oxygens (including phenoxy) is 8. The molecular formula is C43H72O13. The molecule has 56 heavy (non-hydrogen) atoms. The molecule has 0 aliphatic carbocycles. The Balaban J connectivity index is 2.04. The van der Waals surface area contributed by atoms with Gasteiger partial charge in [-0.05, 0) is 45.1 Å². The quantitative estimate of drug-likeness (QED) is 0.210. The molecule has 322 valence electrons. The number of carbonyl (C=O) groups excluding carboxylic acids is 1. The maximum atomic E-state index is 13.8. The molecule has 0 amide bonds. The van der Waals surface area contributed by atoms with Crippen molar-refractivity contribution in [3.05, 3.63) is 47.3 Å². The summed E-state index contributed by atoms with van der Waals surface area (Å²) < 4.78 is 48.9. The predicted molar refractivity (Wildman–Crippen MR) is 211 cm³/mol. The Morgan fingerprint density at radius 3 is 2.14 bits per heavy atom. The number of esters is 1. The zero-order valence-corrected chi connectivity index (χ0v) is 36.1. The average Bonchev–Trinajstić information content (AvgIpc) is 3.16. The normalized spacial score (nSPS) is 43.2. The zero-order valence-electron chi connectivity index (χ0n) is 36.1. The molecule has 13 heteroatoms. The molecule has 0 aromatic rings. The molecule has 0 saturated carbocycles. The number of rotatable bonds is 11. The molecule has 3 heterocycles. The second-order valence-electron chi connectivity index (χ2n) is 16.7. The topological polar surface area (TPSA) is 172 Å². The van der Waals surface area contributed by atoms with E-state index in [1.54, 1.807) is 26.0 Å². The molecule has 13 nitrogen and oxygen atoms in total. The molecule has 3 rings (SSSR count). The van der Waals surface area contributed by atoms with Crippen molar-refractivity contribution in [1.82, 2.24) is 0 Å². The van der Waals surface area contributed by atoms with Crippen LogP contribution < -0.4 is 0 Å². The molecule has 0 spiro atoms. The highest BCUT2D eigenvalue weighted by atomic mass is 16.7. The fraction of sp³-hybridized carbons (Fsp3) is 0.791. The van der Waals surface area contributed by atoms with Gasteiger partial charge in [0.05, 0.1) is 37.6 Å². The van der Waals surface area contributed by atoms with Gasteiger partial charge >= 0.3 is 5.97 Å². The summed E-state index contributed by atoms with van der Waals surface area (Å²) in [5.74, 6) is -3.97. The lowest BCUT2D eigenvalue weighted by atomic mass is 9.76. The summed E-state index contributed by atoms with van der Waals surface area (Å²) in [6.07, 6.45) is 0.406. The van der Waals surface area contributed by atoms with Gasteiger partial charge in [0.1, 0.15) is 30.5 Å². The van der Waals surface area contributed by atoms with E-state index in [1.165, 1.54) is 28.4 Å². The lowest BCUT2D eigenvalue weighted by molar-refractivity contribution is -0.368. The zero-order chi connectivity index (χ0) is 42.2. The summed E-state index contributed by atoms with van der Waals surface area (Å²) in [4.78, 5) is 13.8. The molecule has 8 unspecified atom stereocenters. The molecule has 2 fully saturated rings. The second kappa shape index (κ2) is 21.2. The molecule has 2 saturated heterocycles. The van der Waals surface area contributed by atoms with Crippen LogP contribution in [0.1, 0.15) is 82.1 Å². The average molecular weight is 797 g/mol. The number of carbonyl (C=O) groups is 1. The SMILES string of the molecule is CO/C1=C\C(C)=C\C(C)C(O)C(C)C/C(C)=C/C=C/C(OC)C(C(C)C(O)C(C)[C@]2(OC)C[C@H](O[C@@H]3O[C@H](C)[C@@H](O)[C@H](O)[C@H]3OC)[C@@H](C)[C@H](C(C)C)O2)OC1=O. The summed E-state index contributed by atoms with van der Waals surface area (Å²) in [7, 11) is 5.86. The van der Waals surface area contributed by atoms with Crippen LogP contribution in [0.5, 0.6) is 0 Å². The standard InChI is InChI=1S/C43H72O13/c1-22(2)38-27(7)33(54-42-40(51-13)37(47)36(46)30(10)53-42)21-43(52-14,56-38)29(9)35(45)28(8)39-31(49-11)17-15-16-23(3)18-25(5)34(44)26(6)19-24(4)20-32(50-12)41(48)55-39/h15-17,19-20,22,25-31,33-40,42,44-47H,18,21H2,1-14H3/b17-15+,23-16+,24-19+,32-20-/t25?,26?,27-,28?,29?,30-,31?,33+,34?,35?,36-,37+,38+,39?,40-,42+,43+/m1/s1. The molecule has 3 aliphatic rings. The van der Waals surface area contributed by atoms with Crippen LogP contribution in [0.4, 0.5) is 0 Å². The van der Waals surface area contributed by atoms with E-state index in [1.807, 2.05) is 73.6 Å². The van der Waals surface area contributed by atoms with Crippen molar-refractivity contribution >= 4 is 5.97 Å². The molecule has 0 radical (unpaired) electrons. The number of aliphatic hydroxyl groups is 4. The fourth-order valence-electron chi connectivity index (χ4n) is 8.53. The first kappa shape index (κ1) is 48.2. The number of hydrogen-bond acceptors (Lipinski definition) is 13. The summed E-state index contributed by atoms with van der Waals surface area (Å²) >= 11 is 0. The van der Waals surface area contributed by atoms with E-state index < -0.39 is 84.8 Å². The van der Waals surface area contributed by atoms with Crippen molar-refractivity contribution in [2.24, 2.45) is 35.5 Å². The van der Waals surface area contributed by atoms with Crippen molar-refractivity contribution in [2.75, 3.05) is 28.4 Å². The summed E-state index contributed by atoms with van der Waals surface area (Å²) in [6.45, 7) is 19.2. The lowest BCUT2D eigenvalue weighted by Gasteiger charge is -2.53. The number of allylic oxidation sites excluding steroid dienone is 5. The lowest BCUT2D eigenvalue weighted by Crippen LogP contribution is -2.63. The minimum absolute atomic E-state index is 0.0177. The van der Waals surface area contributed by atoms with Crippen LogP contribution in [0.15, 0.2) is 47.3 Å².